The van der Waals surface area contributed by atoms with Gasteiger partial charge in [0.25, 0.3) is 0 Å². The van der Waals surface area contributed by atoms with Crippen molar-refractivity contribution < 1.29 is 0 Å². The van der Waals surface area contributed by atoms with Gasteiger partial charge >= 0.3 is 0 Å². The summed E-state index contributed by atoms with van der Waals surface area (Å²) in [5.41, 5.74) is 14.9. The van der Waals surface area contributed by atoms with Crippen LogP contribution >= 0.6 is 0 Å². The van der Waals surface area contributed by atoms with Crippen LogP contribution < -0.4 is 4.90 Å². The normalized spacial score (nSPS) is 11.4. The molecule has 10 aromatic carbocycles. The van der Waals surface area contributed by atoms with Crippen LogP contribution in [0.5, 0.6) is 0 Å². The van der Waals surface area contributed by atoms with Gasteiger partial charge in [-0.25, -0.2) is 0 Å². The van der Waals surface area contributed by atoms with Gasteiger partial charge in [-0.3, -0.25) is 0 Å². The first-order valence-corrected chi connectivity index (χ1v) is 19.9. The SMILES string of the molecule is c1ccc(-c2ccc3c([nH]c4ccccc43)c2-c2ccccc2N(c2ccccc2-c2cccc3ccccc23)c2ccccc2-c2cccc3ccccc23)cc1. The number of benzene rings is 10. The highest BCUT2D eigenvalue weighted by Gasteiger charge is 2.26. The Hall–Kier alpha value is -7.68. The highest BCUT2D eigenvalue weighted by Crippen LogP contribution is 2.51. The summed E-state index contributed by atoms with van der Waals surface area (Å²) in [5, 5.41) is 7.31. The highest BCUT2D eigenvalue weighted by molar-refractivity contribution is 6.16. The number of para-hydroxylation sites is 4. The fourth-order valence-electron chi connectivity index (χ4n) is 9.04. The van der Waals surface area contributed by atoms with Crippen molar-refractivity contribution in [2.45, 2.75) is 0 Å². The molecule has 0 spiro atoms. The zero-order valence-electron chi connectivity index (χ0n) is 31.8. The quantitative estimate of drug-likeness (QED) is 0.172. The van der Waals surface area contributed by atoms with E-state index in [-0.39, 0.29) is 0 Å². The van der Waals surface area contributed by atoms with Crippen LogP contribution in [-0.4, -0.2) is 4.98 Å². The van der Waals surface area contributed by atoms with E-state index in [1.165, 1.54) is 60.1 Å². The molecule has 0 saturated carbocycles. The fraction of sp³-hybridized carbons (Fsp3) is 0. The van der Waals surface area contributed by atoms with Gasteiger partial charge in [0.2, 0.25) is 0 Å². The van der Waals surface area contributed by atoms with Crippen molar-refractivity contribution in [3.63, 3.8) is 0 Å². The van der Waals surface area contributed by atoms with Crippen LogP contribution in [-0.2, 0) is 0 Å². The molecule has 0 aliphatic carbocycles. The molecule has 272 valence electrons. The smallest absolute Gasteiger partial charge is 0.0551 e. The maximum atomic E-state index is 3.90. The molecule has 11 rings (SSSR count). The molecule has 0 fully saturated rings. The lowest BCUT2D eigenvalue weighted by Crippen LogP contribution is -2.14. The van der Waals surface area contributed by atoms with Crippen LogP contribution in [0.3, 0.4) is 0 Å². The number of hydrogen-bond acceptors (Lipinski definition) is 1. The van der Waals surface area contributed by atoms with E-state index in [1.807, 2.05) is 0 Å². The number of anilines is 3. The number of fused-ring (bicyclic) bond motifs is 5. The Morgan fingerprint density at radius 3 is 1.34 bits per heavy atom. The van der Waals surface area contributed by atoms with Crippen molar-refractivity contribution in [3.8, 4) is 44.5 Å². The van der Waals surface area contributed by atoms with Crippen LogP contribution in [0, 0.1) is 0 Å². The van der Waals surface area contributed by atoms with Crippen LogP contribution in [0.15, 0.2) is 224 Å². The molecule has 1 heterocycles. The minimum absolute atomic E-state index is 1.09. The van der Waals surface area contributed by atoms with Gasteiger partial charge in [0.1, 0.15) is 0 Å². The van der Waals surface area contributed by atoms with Crippen LogP contribution in [0.1, 0.15) is 0 Å². The third kappa shape index (κ3) is 5.57. The van der Waals surface area contributed by atoms with Gasteiger partial charge < -0.3 is 9.88 Å². The van der Waals surface area contributed by atoms with Crippen LogP contribution in [0.2, 0.25) is 0 Å². The first-order valence-electron chi connectivity index (χ1n) is 19.9. The van der Waals surface area contributed by atoms with E-state index in [4.69, 9.17) is 0 Å². The highest BCUT2D eigenvalue weighted by atomic mass is 15.1. The van der Waals surface area contributed by atoms with E-state index < -0.39 is 0 Å². The molecule has 0 amide bonds. The average Bonchev–Trinajstić information content (AvgIpc) is 3.68. The van der Waals surface area contributed by atoms with Crippen LogP contribution in [0.25, 0.3) is 87.9 Å². The molecule has 11 aromatic rings. The number of aromatic amines is 1. The zero-order chi connectivity index (χ0) is 38.4. The summed E-state index contributed by atoms with van der Waals surface area (Å²) in [4.78, 5) is 6.41. The molecular formula is C56H38N2. The molecule has 1 aromatic heterocycles. The standard InChI is InChI=1S/C56H38N2/c1-2-18-40(19-3-1)43-36-37-49-46-26-8-12-32-51(46)57-56(49)55(43)50-29-11-15-35-54(50)58(52-33-13-9-27-47(52)44-30-16-22-38-20-4-6-24-41(38)44)53-34-14-10-28-48(53)45-31-17-23-39-21-5-7-25-42(39)45/h1-37,57H. The van der Waals surface area contributed by atoms with Crippen molar-refractivity contribution in [3.05, 3.63) is 224 Å². The van der Waals surface area contributed by atoms with E-state index in [0.717, 1.165) is 44.8 Å². The second-order valence-electron chi connectivity index (χ2n) is 14.9. The van der Waals surface area contributed by atoms with Crippen molar-refractivity contribution in [1.82, 2.24) is 4.98 Å². The number of H-pyrrole nitrogens is 1. The topological polar surface area (TPSA) is 19.0 Å². The van der Waals surface area contributed by atoms with E-state index in [1.54, 1.807) is 0 Å². The maximum absolute atomic E-state index is 3.90. The largest absolute Gasteiger partial charge is 0.354 e. The molecule has 0 aliphatic rings. The van der Waals surface area contributed by atoms with Gasteiger partial charge in [-0.1, -0.05) is 200 Å². The Morgan fingerprint density at radius 1 is 0.276 bits per heavy atom. The molecule has 2 heteroatoms. The lowest BCUT2D eigenvalue weighted by molar-refractivity contribution is 1.29. The molecule has 0 atom stereocenters. The average molecular weight is 739 g/mol. The number of nitrogens with one attached hydrogen (secondary N) is 1. The summed E-state index contributed by atoms with van der Waals surface area (Å²) in [6.07, 6.45) is 0. The Morgan fingerprint density at radius 2 is 0.724 bits per heavy atom. The lowest BCUT2D eigenvalue weighted by atomic mass is 9.90. The first kappa shape index (κ1) is 33.6. The summed E-state index contributed by atoms with van der Waals surface area (Å²) >= 11 is 0. The number of aromatic nitrogens is 1. The molecule has 1 N–H and O–H groups in total. The van der Waals surface area contributed by atoms with E-state index in [2.05, 4.69) is 234 Å². The predicted octanol–water partition coefficient (Wildman–Crippen LogP) is 15.8. The second kappa shape index (κ2) is 14.1. The summed E-state index contributed by atoms with van der Waals surface area (Å²) < 4.78 is 0. The first-order chi connectivity index (χ1) is 28.8. The van der Waals surface area contributed by atoms with Gasteiger partial charge in [0.15, 0.2) is 0 Å². The molecule has 0 aliphatic heterocycles. The Bertz CT molecular complexity index is 3170. The third-order valence-corrected chi connectivity index (χ3v) is 11.6. The molecule has 0 radical (unpaired) electrons. The molecule has 2 nitrogen and oxygen atoms in total. The number of hydrogen-bond donors (Lipinski definition) is 1. The minimum Gasteiger partial charge on any atom is -0.354 e. The summed E-state index contributed by atoms with van der Waals surface area (Å²) in [7, 11) is 0. The molecule has 0 bridgehead atoms. The Labute approximate surface area is 337 Å². The van der Waals surface area contributed by atoms with Crippen molar-refractivity contribution in [2.24, 2.45) is 0 Å². The number of rotatable bonds is 7. The van der Waals surface area contributed by atoms with Crippen molar-refractivity contribution in [2.75, 3.05) is 4.90 Å². The summed E-state index contributed by atoms with van der Waals surface area (Å²) in [6.45, 7) is 0. The van der Waals surface area contributed by atoms with E-state index >= 15 is 0 Å². The van der Waals surface area contributed by atoms with Gasteiger partial charge in [-0.15, -0.1) is 0 Å². The van der Waals surface area contributed by atoms with Crippen molar-refractivity contribution in [1.29, 1.82) is 0 Å². The minimum atomic E-state index is 1.09. The molecule has 0 saturated heterocycles. The van der Waals surface area contributed by atoms with Gasteiger partial charge in [0.05, 0.1) is 22.6 Å². The van der Waals surface area contributed by atoms with Crippen molar-refractivity contribution >= 4 is 60.4 Å². The van der Waals surface area contributed by atoms with Crippen LogP contribution in [0.4, 0.5) is 17.1 Å². The van der Waals surface area contributed by atoms with Gasteiger partial charge in [-0.05, 0) is 68.1 Å². The number of nitrogens with zero attached hydrogens (tertiary/aromatic N) is 1. The van der Waals surface area contributed by atoms with E-state index in [0.29, 0.717) is 0 Å². The Kier molecular flexibility index (Phi) is 8.19. The fourth-order valence-corrected chi connectivity index (χ4v) is 9.04. The maximum Gasteiger partial charge on any atom is 0.0551 e. The van der Waals surface area contributed by atoms with E-state index in [9.17, 15) is 0 Å². The van der Waals surface area contributed by atoms with Gasteiger partial charge in [0, 0.05) is 38.5 Å². The second-order valence-corrected chi connectivity index (χ2v) is 14.9. The zero-order valence-corrected chi connectivity index (χ0v) is 31.8. The molecule has 0 unspecified atom stereocenters. The summed E-state index contributed by atoms with van der Waals surface area (Å²) in [5.74, 6) is 0. The molecule has 58 heavy (non-hydrogen) atoms. The summed E-state index contributed by atoms with van der Waals surface area (Å²) in [6, 6.07) is 81.5. The van der Waals surface area contributed by atoms with Gasteiger partial charge in [-0.2, -0.15) is 0 Å². The monoisotopic (exact) mass is 738 g/mol. The third-order valence-electron chi connectivity index (χ3n) is 11.6. The Balaban J connectivity index is 1.26. The predicted molar refractivity (Wildman–Crippen MR) is 247 cm³/mol. The molecular weight excluding hydrogens is 701 g/mol. The lowest BCUT2D eigenvalue weighted by Gasteiger charge is -2.32.